The number of allylic oxidation sites excluding steroid dienone is 4. The summed E-state index contributed by atoms with van der Waals surface area (Å²) in [5.74, 6) is 0.833. The van der Waals surface area contributed by atoms with Gasteiger partial charge in [0.05, 0.1) is 0 Å². The first-order valence-electron chi connectivity index (χ1n) is 4.61. The lowest BCUT2D eigenvalue weighted by Gasteiger charge is -2.01. The van der Waals surface area contributed by atoms with Crippen LogP contribution < -0.4 is 0 Å². The average Bonchev–Trinajstić information content (AvgIpc) is 2.81. The zero-order chi connectivity index (χ0) is 9.14. The minimum atomic E-state index is 0.833. The summed E-state index contributed by atoms with van der Waals surface area (Å²) < 4.78 is 0. The summed E-state index contributed by atoms with van der Waals surface area (Å²) in [7, 11) is 0. The highest BCUT2D eigenvalue weighted by Crippen LogP contribution is 2.37. The number of rotatable bonds is 4. The Bertz CT molecular complexity index is 226. The maximum atomic E-state index is 4.07. The Morgan fingerprint density at radius 2 is 1.92 bits per heavy atom. The van der Waals surface area contributed by atoms with Gasteiger partial charge in [-0.1, -0.05) is 36.0 Å². The van der Waals surface area contributed by atoms with Gasteiger partial charge in [-0.15, -0.1) is 0 Å². The van der Waals surface area contributed by atoms with Gasteiger partial charge in [0.2, 0.25) is 0 Å². The molecule has 0 amide bonds. The van der Waals surface area contributed by atoms with Gasteiger partial charge in [0.25, 0.3) is 0 Å². The predicted molar refractivity (Wildman–Crippen MR) is 55.1 cm³/mol. The summed E-state index contributed by atoms with van der Waals surface area (Å²) >= 11 is 0. The molecular weight excluding hydrogens is 144 g/mol. The molecule has 0 aliphatic heterocycles. The van der Waals surface area contributed by atoms with E-state index >= 15 is 0 Å². The van der Waals surface area contributed by atoms with Gasteiger partial charge >= 0.3 is 0 Å². The molecule has 0 spiro atoms. The van der Waals surface area contributed by atoms with Crippen LogP contribution in [0.5, 0.6) is 0 Å². The third-order valence-corrected chi connectivity index (χ3v) is 2.50. The molecule has 1 aliphatic rings. The molecule has 1 fully saturated rings. The highest BCUT2D eigenvalue weighted by atomic mass is 14.3. The third kappa shape index (κ3) is 2.69. The van der Waals surface area contributed by atoms with Gasteiger partial charge in [0.1, 0.15) is 0 Å². The van der Waals surface area contributed by atoms with Gasteiger partial charge in [0, 0.05) is 0 Å². The Morgan fingerprint density at radius 1 is 1.33 bits per heavy atom. The van der Waals surface area contributed by atoms with Crippen molar-refractivity contribution in [3.8, 4) is 0 Å². The molecule has 0 radical (unpaired) electrons. The molecule has 0 aromatic carbocycles. The summed E-state index contributed by atoms with van der Waals surface area (Å²) in [6.07, 6.45) is 6.00. The zero-order valence-electron chi connectivity index (χ0n) is 8.19. The van der Waals surface area contributed by atoms with Crippen LogP contribution in [0.15, 0.2) is 36.0 Å². The van der Waals surface area contributed by atoms with Crippen LogP contribution in [0.3, 0.4) is 0 Å². The van der Waals surface area contributed by atoms with E-state index in [2.05, 4.69) is 26.2 Å². The Hall–Kier alpha value is -0.780. The largest absolute Gasteiger partial charge is 0.0993 e. The quantitative estimate of drug-likeness (QED) is 0.435. The summed E-state index contributed by atoms with van der Waals surface area (Å²) in [4.78, 5) is 0. The lowest BCUT2D eigenvalue weighted by molar-refractivity contribution is 0.956. The molecule has 66 valence electrons. The van der Waals surface area contributed by atoms with E-state index in [-0.39, 0.29) is 0 Å². The first kappa shape index (κ1) is 9.31. The second kappa shape index (κ2) is 3.75. The molecular formula is C12H18. The molecule has 0 saturated heterocycles. The van der Waals surface area contributed by atoms with Crippen molar-refractivity contribution in [2.75, 3.05) is 0 Å². The van der Waals surface area contributed by atoms with E-state index in [1.165, 1.54) is 29.6 Å². The van der Waals surface area contributed by atoms with Crippen LogP contribution in [0.2, 0.25) is 0 Å². The van der Waals surface area contributed by atoms with Crippen LogP contribution in [0, 0.1) is 5.92 Å². The molecule has 0 atom stereocenters. The second-order valence-corrected chi connectivity index (χ2v) is 3.80. The van der Waals surface area contributed by atoms with E-state index in [1.807, 2.05) is 6.92 Å². The molecule has 0 bridgehead atoms. The van der Waals surface area contributed by atoms with Crippen molar-refractivity contribution in [2.45, 2.75) is 33.1 Å². The number of hydrogen-bond donors (Lipinski definition) is 0. The van der Waals surface area contributed by atoms with Gasteiger partial charge < -0.3 is 0 Å². The first-order chi connectivity index (χ1) is 5.61. The van der Waals surface area contributed by atoms with Crippen molar-refractivity contribution in [3.05, 3.63) is 36.0 Å². The minimum absolute atomic E-state index is 0.833. The predicted octanol–water partition coefficient (Wildman–Crippen LogP) is 3.87. The van der Waals surface area contributed by atoms with Gasteiger partial charge in [-0.25, -0.2) is 0 Å². The second-order valence-electron chi connectivity index (χ2n) is 3.80. The molecule has 0 heteroatoms. The van der Waals surface area contributed by atoms with Gasteiger partial charge in [-0.05, 0) is 39.0 Å². The van der Waals surface area contributed by atoms with Crippen LogP contribution >= 0.6 is 0 Å². The minimum Gasteiger partial charge on any atom is -0.0993 e. The van der Waals surface area contributed by atoms with E-state index in [0.29, 0.717) is 0 Å². The molecule has 1 rings (SSSR count). The SMILES string of the molecule is C=C(C)/C(C)=C/CC(=C)C1CC1. The standard InChI is InChI=1S/C12H18/c1-9(2)10(3)5-6-11(4)12-7-8-12/h5,12H,1,4,6-8H2,2-3H3/b10-5+. The monoisotopic (exact) mass is 162 g/mol. The molecule has 0 unspecified atom stereocenters. The molecule has 0 nitrogen and oxygen atoms in total. The van der Waals surface area contributed by atoms with Crippen molar-refractivity contribution >= 4 is 0 Å². The molecule has 1 aliphatic carbocycles. The molecule has 0 aromatic rings. The van der Waals surface area contributed by atoms with Crippen LogP contribution in [0.4, 0.5) is 0 Å². The summed E-state index contributed by atoms with van der Waals surface area (Å²) in [5, 5.41) is 0. The van der Waals surface area contributed by atoms with Gasteiger partial charge in [0.15, 0.2) is 0 Å². The van der Waals surface area contributed by atoms with Crippen molar-refractivity contribution in [1.29, 1.82) is 0 Å². The Balaban J connectivity index is 2.36. The lowest BCUT2D eigenvalue weighted by atomic mass is 10.1. The zero-order valence-corrected chi connectivity index (χ0v) is 8.19. The van der Waals surface area contributed by atoms with Crippen LogP contribution in [-0.4, -0.2) is 0 Å². The van der Waals surface area contributed by atoms with Crippen LogP contribution in [0.25, 0.3) is 0 Å². The topological polar surface area (TPSA) is 0 Å². The fourth-order valence-corrected chi connectivity index (χ4v) is 1.12. The summed E-state index contributed by atoms with van der Waals surface area (Å²) in [5.41, 5.74) is 3.87. The lowest BCUT2D eigenvalue weighted by Crippen LogP contribution is -1.83. The third-order valence-electron chi connectivity index (χ3n) is 2.50. The Morgan fingerprint density at radius 3 is 2.33 bits per heavy atom. The van der Waals surface area contributed by atoms with E-state index < -0.39 is 0 Å². The highest BCUT2D eigenvalue weighted by molar-refractivity contribution is 5.26. The average molecular weight is 162 g/mol. The normalized spacial score (nSPS) is 17.7. The smallest absolute Gasteiger partial charge is 0.0133 e. The first-order valence-corrected chi connectivity index (χ1v) is 4.61. The fourth-order valence-electron chi connectivity index (χ4n) is 1.12. The van der Waals surface area contributed by atoms with Crippen molar-refractivity contribution in [3.63, 3.8) is 0 Å². The Labute approximate surface area is 75.7 Å². The maximum Gasteiger partial charge on any atom is -0.0133 e. The molecule has 0 heterocycles. The summed E-state index contributed by atoms with van der Waals surface area (Å²) in [6.45, 7) is 12.1. The van der Waals surface area contributed by atoms with Crippen molar-refractivity contribution in [2.24, 2.45) is 5.92 Å². The Kier molecular flexibility index (Phi) is 2.91. The molecule has 0 N–H and O–H groups in total. The van der Waals surface area contributed by atoms with E-state index in [4.69, 9.17) is 0 Å². The molecule has 12 heavy (non-hydrogen) atoms. The summed E-state index contributed by atoms with van der Waals surface area (Å²) in [6, 6.07) is 0. The molecule has 1 saturated carbocycles. The van der Waals surface area contributed by atoms with Crippen molar-refractivity contribution < 1.29 is 0 Å². The number of hydrogen-bond acceptors (Lipinski definition) is 0. The van der Waals surface area contributed by atoms with E-state index in [9.17, 15) is 0 Å². The van der Waals surface area contributed by atoms with E-state index in [0.717, 1.165) is 12.3 Å². The highest BCUT2D eigenvalue weighted by Gasteiger charge is 2.23. The maximum absolute atomic E-state index is 4.07. The molecule has 0 aromatic heterocycles. The fraction of sp³-hybridized carbons (Fsp3) is 0.500. The van der Waals surface area contributed by atoms with Crippen LogP contribution in [-0.2, 0) is 0 Å². The van der Waals surface area contributed by atoms with Gasteiger partial charge in [-0.3, -0.25) is 0 Å². The van der Waals surface area contributed by atoms with E-state index in [1.54, 1.807) is 0 Å². The van der Waals surface area contributed by atoms with Gasteiger partial charge in [-0.2, -0.15) is 0 Å². The van der Waals surface area contributed by atoms with Crippen LogP contribution in [0.1, 0.15) is 33.1 Å². The van der Waals surface area contributed by atoms with Crippen molar-refractivity contribution in [1.82, 2.24) is 0 Å².